The van der Waals surface area contributed by atoms with E-state index in [2.05, 4.69) is 14.7 Å². The van der Waals surface area contributed by atoms with E-state index in [4.69, 9.17) is 14.2 Å². The van der Waals surface area contributed by atoms with Crippen LogP contribution < -0.4 is 14.2 Å². The van der Waals surface area contributed by atoms with Crippen LogP contribution in [0.4, 0.5) is 4.39 Å². The summed E-state index contributed by atoms with van der Waals surface area (Å²) in [6.45, 7) is 7.70. The molecular weight excluding hydrogens is 537 g/mol. The number of aryl methyl sites for hydroxylation is 1. The predicted octanol–water partition coefficient (Wildman–Crippen LogP) is 4.94. The van der Waals surface area contributed by atoms with Gasteiger partial charge in [0.05, 0.1) is 18.9 Å². The zero-order chi connectivity index (χ0) is 28.7. The molecule has 2 aromatic heterocycles. The lowest BCUT2D eigenvalue weighted by molar-refractivity contribution is 0.0591. The van der Waals surface area contributed by atoms with Crippen molar-refractivity contribution in [3.8, 4) is 22.9 Å². The molecule has 1 aromatic carbocycles. The van der Waals surface area contributed by atoms with Gasteiger partial charge in [-0.3, -0.25) is 4.79 Å². The zero-order valence-electron chi connectivity index (χ0n) is 22.9. The summed E-state index contributed by atoms with van der Waals surface area (Å²) in [4.78, 5) is 21.7. The molecule has 40 heavy (non-hydrogen) atoms. The Labute approximate surface area is 234 Å². The summed E-state index contributed by atoms with van der Waals surface area (Å²) >= 11 is 0. The number of halogens is 1. The number of carbonyl (C=O) groups is 1. The van der Waals surface area contributed by atoms with Gasteiger partial charge in [-0.15, -0.1) is 0 Å². The van der Waals surface area contributed by atoms with Crippen LogP contribution in [0.5, 0.6) is 11.6 Å². The molecule has 0 spiro atoms. The fraction of sp³-hybridized carbons (Fsp3) is 0.414. The number of hydrogen-bond acceptors (Lipinski definition) is 8. The largest absolute Gasteiger partial charge is 0.493 e. The van der Waals surface area contributed by atoms with Gasteiger partial charge in [-0.05, 0) is 74.4 Å². The standard InChI is InChI=1S/C29H34FN3O6S/c1-19(2)18-39-24-16-22(15-23(30)17-24)26-8-7-25(29(32-26)38-14-11-21-9-12-37-13-10-21)28(34)33-40(35,36)27-6-4-5-20(3)31-27/h4-8,15-17,19,21H,9-14,18H2,1-3H3,(H,33,34). The van der Waals surface area contributed by atoms with Crippen molar-refractivity contribution in [3.05, 3.63) is 65.6 Å². The van der Waals surface area contributed by atoms with Gasteiger partial charge in [0.15, 0.2) is 5.03 Å². The van der Waals surface area contributed by atoms with Crippen molar-refractivity contribution in [1.82, 2.24) is 14.7 Å². The molecule has 0 radical (unpaired) electrons. The lowest BCUT2D eigenvalue weighted by Gasteiger charge is -2.22. The van der Waals surface area contributed by atoms with E-state index >= 15 is 0 Å². The van der Waals surface area contributed by atoms with Crippen molar-refractivity contribution in [2.45, 2.75) is 45.1 Å². The highest BCUT2D eigenvalue weighted by atomic mass is 32.2. The minimum absolute atomic E-state index is 0.0524. The average molecular weight is 572 g/mol. The van der Waals surface area contributed by atoms with E-state index < -0.39 is 21.7 Å². The van der Waals surface area contributed by atoms with E-state index in [1.165, 1.54) is 30.3 Å². The predicted molar refractivity (Wildman–Crippen MR) is 147 cm³/mol. The molecule has 3 heterocycles. The first-order chi connectivity index (χ1) is 19.1. The Hall–Kier alpha value is -3.57. The van der Waals surface area contributed by atoms with Gasteiger partial charge in [0.25, 0.3) is 15.9 Å². The molecule has 0 saturated carbocycles. The van der Waals surface area contributed by atoms with Gasteiger partial charge in [0, 0.05) is 30.5 Å². The van der Waals surface area contributed by atoms with Crippen LogP contribution in [0.15, 0.2) is 53.6 Å². The van der Waals surface area contributed by atoms with E-state index in [1.807, 2.05) is 13.8 Å². The third-order valence-electron chi connectivity index (χ3n) is 6.33. The quantitative estimate of drug-likeness (QED) is 0.344. The molecule has 9 nitrogen and oxygen atoms in total. The van der Waals surface area contributed by atoms with E-state index in [0.29, 0.717) is 48.4 Å². The van der Waals surface area contributed by atoms with Crippen molar-refractivity contribution in [2.75, 3.05) is 26.4 Å². The molecule has 1 amide bonds. The Kier molecular flexibility index (Phi) is 9.70. The highest BCUT2D eigenvalue weighted by Gasteiger charge is 2.24. The fourth-order valence-corrected chi connectivity index (χ4v) is 5.18. The Morgan fingerprint density at radius 1 is 1.10 bits per heavy atom. The first-order valence-electron chi connectivity index (χ1n) is 13.3. The third kappa shape index (κ3) is 7.98. The molecule has 1 fully saturated rings. The number of aromatic nitrogens is 2. The number of carbonyl (C=O) groups excluding carboxylic acids is 1. The molecule has 1 aliphatic heterocycles. The summed E-state index contributed by atoms with van der Waals surface area (Å²) in [6, 6.07) is 11.7. The van der Waals surface area contributed by atoms with Gasteiger partial charge in [-0.2, -0.15) is 8.42 Å². The van der Waals surface area contributed by atoms with E-state index in [-0.39, 0.29) is 29.0 Å². The molecule has 0 unspecified atom stereocenters. The number of amides is 1. The average Bonchev–Trinajstić information content (AvgIpc) is 2.92. The number of nitrogens with one attached hydrogen (secondary N) is 1. The number of rotatable bonds is 11. The lowest BCUT2D eigenvalue weighted by Crippen LogP contribution is -2.31. The smallest absolute Gasteiger partial charge is 0.281 e. The van der Waals surface area contributed by atoms with Gasteiger partial charge in [0.1, 0.15) is 17.1 Å². The summed E-state index contributed by atoms with van der Waals surface area (Å²) in [5.74, 6) is -0.452. The Morgan fingerprint density at radius 2 is 1.88 bits per heavy atom. The first kappa shape index (κ1) is 29.4. The summed E-state index contributed by atoms with van der Waals surface area (Å²) in [5, 5.41) is -0.277. The maximum absolute atomic E-state index is 14.4. The number of pyridine rings is 2. The van der Waals surface area contributed by atoms with E-state index in [0.717, 1.165) is 19.3 Å². The van der Waals surface area contributed by atoms with Crippen LogP contribution in [0, 0.1) is 24.6 Å². The first-order valence-corrected chi connectivity index (χ1v) is 14.7. The Balaban J connectivity index is 1.62. The number of hydrogen-bond donors (Lipinski definition) is 1. The summed E-state index contributed by atoms with van der Waals surface area (Å²) in [5.41, 5.74) is 1.19. The molecule has 11 heteroatoms. The molecule has 3 aromatic rings. The summed E-state index contributed by atoms with van der Waals surface area (Å²) in [7, 11) is -4.25. The lowest BCUT2D eigenvalue weighted by atomic mass is 9.97. The topological polar surface area (TPSA) is 117 Å². The maximum Gasteiger partial charge on any atom is 0.281 e. The molecule has 1 saturated heterocycles. The second kappa shape index (κ2) is 13.2. The number of nitrogens with zero attached hydrogens (tertiary/aromatic N) is 2. The van der Waals surface area contributed by atoms with Crippen molar-refractivity contribution in [1.29, 1.82) is 0 Å². The van der Waals surface area contributed by atoms with Crippen LogP contribution in [-0.2, 0) is 14.8 Å². The maximum atomic E-state index is 14.4. The molecular formula is C29H34FN3O6S. The van der Waals surface area contributed by atoms with Gasteiger partial charge < -0.3 is 14.2 Å². The second-order valence-electron chi connectivity index (χ2n) is 10.2. The Morgan fingerprint density at radius 3 is 2.60 bits per heavy atom. The van der Waals surface area contributed by atoms with Crippen molar-refractivity contribution in [3.63, 3.8) is 0 Å². The van der Waals surface area contributed by atoms with E-state index in [1.54, 1.807) is 25.1 Å². The molecule has 0 aliphatic carbocycles. The van der Waals surface area contributed by atoms with E-state index in [9.17, 15) is 17.6 Å². The van der Waals surface area contributed by atoms with Crippen LogP contribution in [0.3, 0.4) is 0 Å². The highest BCUT2D eigenvalue weighted by Crippen LogP contribution is 2.29. The van der Waals surface area contributed by atoms with Crippen LogP contribution in [0.25, 0.3) is 11.3 Å². The minimum Gasteiger partial charge on any atom is -0.493 e. The molecule has 0 atom stereocenters. The molecule has 1 N–H and O–H groups in total. The van der Waals surface area contributed by atoms with Gasteiger partial charge in [-0.25, -0.2) is 19.1 Å². The SMILES string of the molecule is Cc1cccc(S(=O)(=O)NC(=O)c2ccc(-c3cc(F)cc(OCC(C)C)c3)nc2OCCC2CCOCC2)n1. The zero-order valence-corrected chi connectivity index (χ0v) is 23.7. The van der Waals surface area contributed by atoms with Crippen LogP contribution in [0.1, 0.15) is 49.2 Å². The van der Waals surface area contributed by atoms with Crippen molar-refractivity contribution < 1.29 is 31.8 Å². The molecule has 4 rings (SSSR count). The number of benzene rings is 1. The van der Waals surface area contributed by atoms with Crippen molar-refractivity contribution >= 4 is 15.9 Å². The second-order valence-corrected chi connectivity index (χ2v) is 11.8. The van der Waals surface area contributed by atoms with Crippen LogP contribution >= 0.6 is 0 Å². The monoisotopic (exact) mass is 571 g/mol. The van der Waals surface area contributed by atoms with Crippen LogP contribution in [-0.4, -0.2) is 50.7 Å². The van der Waals surface area contributed by atoms with Gasteiger partial charge in [-0.1, -0.05) is 19.9 Å². The fourth-order valence-electron chi connectivity index (χ4n) is 4.20. The van der Waals surface area contributed by atoms with Gasteiger partial charge >= 0.3 is 0 Å². The summed E-state index contributed by atoms with van der Waals surface area (Å²) in [6.07, 6.45) is 2.54. The number of sulfonamides is 1. The summed E-state index contributed by atoms with van der Waals surface area (Å²) < 4.78 is 59.3. The molecule has 214 valence electrons. The minimum atomic E-state index is -4.25. The van der Waals surface area contributed by atoms with Gasteiger partial charge in [0.2, 0.25) is 5.88 Å². The normalized spacial score (nSPS) is 14.2. The Bertz CT molecular complexity index is 1440. The molecule has 1 aliphatic rings. The van der Waals surface area contributed by atoms with Crippen LogP contribution in [0.2, 0.25) is 0 Å². The molecule has 0 bridgehead atoms. The highest BCUT2D eigenvalue weighted by molar-refractivity contribution is 7.90. The third-order valence-corrected chi connectivity index (χ3v) is 7.56. The number of ether oxygens (including phenoxy) is 3. The van der Waals surface area contributed by atoms with Crippen molar-refractivity contribution in [2.24, 2.45) is 11.8 Å².